The first kappa shape index (κ1) is 14.8. The molecule has 0 bridgehead atoms. The Bertz CT molecular complexity index is 472. The Morgan fingerprint density at radius 2 is 2.11 bits per heavy atom. The van der Waals surface area contributed by atoms with Crippen molar-refractivity contribution in [3.05, 3.63) is 29.8 Å². The number of hydrogen-bond acceptors (Lipinski definition) is 4. The van der Waals surface area contributed by atoms with Gasteiger partial charge in [0.1, 0.15) is 5.75 Å². The lowest BCUT2D eigenvalue weighted by molar-refractivity contribution is -0.133. The Balaban J connectivity index is 2.76. The third-order valence-electron chi connectivity index (χ3n) is 2.79. The molecule has 1 rings (SSSR count). The van der Waals surface area contributed by atoms with E-state index in [9.17, 15) is 4.79 Å². The van der Waals surface area contributed by atoms with Gasteiger partial charge in [-0.3, -0.25) is 4.79 Å². The van der Waals surface area contributed by atoms with Gasteiger partial charge in [0.2, 0.25) is 0 Å². The van der Waals surface area contributed by atoms with Gasteiger partial charge in [-0.1, -0.05) is 17.3 Å². The molecule has 1 amide bonds. The van der Waals surface area contributed by atoms with Gasteiger partial charge in [-0.2, -0.15) is 0 Å². The summed E-state index contributed by atoms with van der Waals surface area (Å²) < 4.78 is 5.43. The maximum atomic E-state index is 11.8. The molecule has 6 nitrogen and oxygen atoms in total. The first-order valence-corrected chi connectivity index (χ1v) is 5.92. The number of rotatable bonds is 5. The Kier molecular flexibility index (Phi) is 5.17. The monoisotopic (exact) mass is 265 g/mol. The van der Waals surface area contributed by atoms with Crippen molar-refractivity contribution in [3.63, 3.8) is 0 Å². The number of ether oxygens (including phenoxy) is 1. The molecule has 0 radical (unpaired) electrons. The van der Waals surface area contributed by atoms with E-state index in [2.05, 4.69) is 5.16 Å². The van der Waals surface area contributed by atoms with Crippen molar-refractivity contribution in [3.8, 4) is 5.75 Å². The number of carbonyl (C=O) groups excluding carboxylic acids is 1. The molecule has 0 heterocycles. The van der Waals surface area contributed by atoms with E-state index in [0.29, 0.717) is 11.3 Å². The number of hydrogen-bond donors (Lipinski definition) is 2. The van der Waals surface area contributed by atoms with E-state index in [4.69, 9.17) is 15.7 Å². The van der Waals surface area contributed by atoms with Crippen molar-refractivity contribution in [1.29, 1.82) is 0 Å². The third-order valence-corrected chi connectivity index (χ3v) is 2.79. The zero-order chi connectivity index (χ0) is 14.4. The molecule has 0 unspecified atom stereocenters. The van der Waals surface area contributed by atoms with Gasteiger partial charge in [-0.05, 0) is 26.0 Å². The molecule has 3 N–H and O–H groups in total. The van der Waals surface area contributed by atoms with Crippen molar-refractivity contribution in [2.45, 2.75) is 19.9 Å². The summed E-state index contributed by atoms with van der Waals surface area (Å²) in [5.74, 6) is 0.216. The van der Waals surface area contributed by atoms with Crippen LogP contribution < -0.4 is 10.5 Å². The van der Waals surface area contributed by atoms with E-state index in [-0.39, 0.29) is 24.4 Å². The lowest BCUT2D eigenvalue weighted by Crippen LogP contribution is -2.36. The third kappa shape index (κ3) is 3.87. The summed E-state index contributed by atoms with van der Waals surface area (Å²) >= 11 is 0. The van der Waals surface area contributed by atoms with Crippen molar-refractivity contribution in [2.75, 3.05) is 13.7 Å². The van der Waals surface area contributed by atoms with Crippen molar-refractivity contribution >= 4 is 11.7 Å². The minimum absolute atomic E-state index is 0.0553. The molecule has 104 valence electrons. The zero-order valence-electron chi connectivity index (χ0n) is 11.3. The smallest absolute Gasteiger partial charge is 0.260 e. The van der Waals surface area contributed by atoms with Crippen LogP contribution in [0.3, 0.4) is 0 Å². The fourth-order valence-electron chi connectivity index (χ4n) is 1.39. The molecule has 0 saturated heterocycles. The maximum absolute atomic E-state index is 11.8. The average molecular weight is 265 g/mol. The van der Waals surface area contributed by atoms with E-state index >= 15 is 0 Å². The quantitative estimate of drug-likeness (QED) is 0.360. The van der Waals surface area contributed by atoms with E-state index in [1.54, 1.807) is 36.2 Å². The number of para-hydroxylation sites is 1. The van der Waals surface area contributed by atoms with Crippen LogP contribution in [0.2, 0.25) is 0 Å². The average Bonchev–Trinajstić information content (AvgIpc) is 2.43. The van der Waals surface area contributed by atoms with E-state index in [1.807, 2.05) is 13.8 Å². The summed E-state index contributed by atoms with van der Waals surface area (Å²) in [4.78, 5) is 13.4. The van der Waals surface area contributed by atoms with Crippen LogP contribution in [-0.2, 0) is 4.79 Å². The predicted octanol–water partition coefficient (Wildman–Crippen LogP) is 1.03. The molecular weight excluding hydrogens is 246 g/mol. The van der Waals surface area contributed by atoms with Crippen LogP contribution in [0.5, 0.6) is 5.75 Å². The van der Waals surface area contributed by atoms with Crippen molar-refractivity contribution in [2.24, 2.45) is 10.9 Å². The first-order valence-electron chi connectivity index (χ1n) is 5.92. The molecule has 0 aromatic heterocycles. The van der Waals surface area contributed by atoms with Gasteiger partial charge < -0.3 is 20.6 Å². The minimum Gasteiger partial charge on any atom is -0.483 e. The second kappa shape index (κ2) is 6.63. The SMILES string of the molecule is CC(C)N(C)C(=O)COc1ccccc1/C(N)=N/O. The summed E-state index contributed by atoms with van der Waals surface area (Å²) in [6, 6.07) is 6.91. The Morgan fingerprint density at radius 1 is 1.47 bits per heavy atom. The molecule has 0 aliphatic carbocycles. The molecule has 0 saturated carbocycles. The first-order chi connectivity index (χ1) is 8.97. The van der Waals surface area contributed by atoms with E-state index in [0.717, 1.165) is 0 Å². The van der Waals surface area contributed by atoms with Gasteiger partial charge in [0.15, 0.2) is 12.4 Å². The second-order valence-corrected chi connectivity index (χ2v) is 4.37. The zero-order valence-corrected chi connectivity index (χ0v) is 11.3. The Morgan fingerprint density at radius 3 is 2.68 bits per heavy atom. The van der Waals surface area contributed by atoms with Crippen LogP contribution in [0.15, 0.2) is 29.4 Å². The second-order valence-electron chi connectivity index (χ2n) is 4.37. The summed E-state index contributed by atoms with van der Waals surface area (Å²) in [6.45, 7) is 3.74. The van der Waals surface area contributed by atoms with Crippen LogP contribution in [0, 0.1) is 0 Å². The lowest BCUT2D eigenvalue weighted by atomic mass is 10.2. The maximum Gasteiger partial charge on any atom is 0.260 e. The van der Waals surface area contributed by atoms with Crippen molar-refractivity contribution in [1.82, 2.24) is 4.90 Å². The van der Waals surface area contributed by atoms with Gasteiger partial charge in [0.05, 0.1) is 5.56 Å². The van der Waals surface area contributed by atoms with E-state index in [1.165, 1.54) is 0 Å². The number of likely N-dealkylation sites (N-methyl/N-ethyl adjacent to an activating group) is 1. The standard InChI is InChI=1S/C13H19N3O3/c1-9(2)16(3)12(17)8-19-11-7-5-4-6-10(11)13(14)15-18/h4-7,9,18H,8H2,1-3H3,(H2,14,15). The van der Waals surface area contributed by atoms with Gasteiger partial charge in [0, 0.05) is 13.1 Å². The molecule has 0 aliphatic heterocycles. The largest absolute Gasteiger partial charge is 0.483 e. The topological polar surface area (TPSA) is 88.2 Å². The lowest BCUT2D eigenvalue weighted by Gasteiger charge is -2.21. The number of nitrogens with zero attached hydrogens (tertiary/aromatic N) is 2. The molecular formula is C13H19N3O3. The highest BCUT2D eigenvalue weighted by atomic mass is 16.5. The van der Waals surface area contributed by atoms with Crippen LogP contribution in [0.25, 0.3) is 0 Å². The predicted molar refractivity (Wildman–Crippen MR) is 72.4 cm³/mol. The van der Waals surface area contributed by atoms with Gasteiger partial charge in [0.25, 0.3) is 5.91 Å². The molecule has 0 atom stereocenters. The van der Waals surface area contributed by atoms with Crippen LogP contribution in [0.1, 0.15) is 19.4 Å². The number of carbonyl (C=O) groups is 1. The van der Waals surface area contributed by atoms with E-state index < -0.39 is 0 Å². The number of oxime groups is 1. The summed E-state index contributed by atoms with van der Waals surface area (Å²) in [5, 5.41) is 11.6. The fourth-order valence-corrected chi connectivity index (χ4v) is 1.39. The normalized spacial score (nSPS) is 11.5. The minimum atomic E-state index is -0.135. The molecule has 1 aromatic rings. The van der Waals surface area contributed by atoms with Crippen LogP contribution in [0.4, 0.5) is 0 Å². The van der Waals surface area contributed by atoms with Crippen LogP contribution >= 0.6 is 0 Å². The highest BCUT2D eigenvalue weighted by Crippen LogP contribution is 2.17. The highest BCUT2D eigenvalue weighted by molar-refractivity contribution is 5.99. The summed E-state index contributed by atoms with van der Waals surface area (Å²) in [7, 11) is 1.71. The van der Waals surface area contributed by atoms with Gasteiger partial charge >= 0.3 is 0 Å². The number of amidine groups is 1. The number of benzene rings is 1. The van der Waals surface area contributed by atoms with Crippen LogP contribution in [-0.4, -0.2) is 41.5 Å². The highest BCUT2D eigenvalue weighted by Gasteiger charge is 2.14. The summed E-state index contributed by atoms with van der Waals surface area (Å²) in [5.41, 5.74) is 5.98. The Labute approximate surface area is 112 Å². The summed E-state index contributed by atoms with van der Waals surface area (Å²) in [6.07, 6.45) is 0. The molecule has 0 aliphatic rings. The number of nitrogens with two attached hydrogens (primary N) is 1. The molecule has 6 heteroatoms. The molecule has 1 aromatic carbocycles. The van der Waals surface area contributed by atoms with Gasteiger partial charge in [-0.15, -0.1) is 0 Å². The molecule has 19 heavy (non-hydrogen) atoms. The molecule has 0 fully saturated rings. The van der Waals surface area contributed by atoms with Gasteiger partial charge in [-0.25, -0.2) is 0 Å². The molecule has 0 spiro atoms. The van der Waals surface area contributed by atoms with Crippen molar-refractivity contribution < 1.29 is 14.7 Å². The number of amides is 1. The Hall–Kier alpha value is -2.24. The fraction of sp³-hybridized carbons (Fsp3) is 0.385.